The zero-order valence-electron chi connectivity index (χ0n) is 18.4. The molecule has 3 rings (SSSR count). The van der Waals surface area contributed by atoms with Gasteiger partial charge in [-0.2, -0.15) is 0 Å². The van der Waals surface area contributed by atoms with E-state index in [1.165, 1.54) is 6.42 Å². The van der Waals surface area contributed by atoms with Crippen LogP contribution in [0.1, 0.15) is 51.0 Å². The van der Waals surface area contributed by atoms with Crippen molar-refractivity contribution in [3.05, 3.63) is 64.1 Å². The van der Waals surface area contributed by atoms with Gasteiger partial charge in [-0.1, -0.05) is 79.7 Å². The van der Waals surface area contributed by atoms with Gasteiger partial charge in [0.1, 0.15) is 11.8 Å². The molecule has 1 atom stereocenters. The second kappa shape index (κ2) is 12.1. The van der Waals surface area contributed by atoms with Gasteiger partial charge >= 0.3 is 0 Å². The van der Waals surface area contributed by atoms with E-state index in [2.05, 4.69) is 5.32 Å². The summed E-state index contributed by atoms with van der Waals surface area (Å²) in [6, 6.07) is 13.9. The Morgan fingerprint density at radius 3 is 2.34 bits per heavy atom. The molecule has 0 radical (unpaired) electrons. The highest BCUT2D eigenvalue weighted by molar-refractivity contribution is 6.32. The van der Waals surface area contributed by atoms with E-state index in [9.17, 15) is 9.59 Å². The van der Waals surface area contributed by atoms with Crippen molar-refractivity contribution in [2.75, 3.05) is 6.61 Å². The van der Waals surface area contributed by atoms with Crippen molar-refractivity contribution >= 4 is 35.0 Å². The number of benzene rings is 2. The van der Waals surface area contributed by atoms with Gasteiger partial charge in [0.2, 0.25) is 5.91 Å². The Morgan fingerprint density at radius 1 is 1.03 bits per heavy atom. The number of hydrogen-bond donors (Lipinski definition) is 1. The van der Waals surface area contributed by atoms with Gasteiger partial charge in [-0.3, -0.25) is 9.59 Å². The molecule has 1 fully saturated rings. The number of carbonyl (C=O) groups is 2. The molecule has 1 aliphatic rings. The maximum Gasteiger partial charge on any atom is 0.261 e. The smallest absolute Gasteiger partial charge is 0.261 e. The Morgan fingerprint density at radius 2 is 1.69 bits per heavy atom. The van der Waals surface area contributed by atoms with Crippen molar-refractivity contribution in [2.24, 2.45) is 0 Å². The molecule has 5 nitrogen and oxygen atoms in total. The minimum atomic E-state index is -0.615. The monoisotopic (exact) mass is 476 g/mol. The highest BCUT2D eigenvalue weighted by Gasteiger charge is 2.31. The second-order valence-corrected chi connectivity index (χ2v) is 8.91. The highest BCUT2D eigenvalue weighted by Crippen LogP contribution is 2.24. The van der Waals surface area contributed by atoms with Gasteiger partial charge in [0.15, 0.2) is 6.61 Å². The summed E-state index contributed by atoms with van der Waals surface area (Å²) in [6.45, 7) is 1.91. The zero-order valence-corrected chi connectivity index (χ0v) is 19.9. The number of nitrogens with one attached hydrogen (secondary N) is 1. The first-order valence-corrected chi connectivity index (χ1v) is 12.0. The SMILES string of the molecule is CC[C@H](C(=O)NC1CCCCC1)N(Cc1ccccc1Cl)C(=O)COc1ccccc1Cl. The average molecular weight is 477 g/mol. The third-order valence-corrected chi connectivity index (χ3v) is 6.50. The number of rotatable bonds is 9. The van der Waals surface area contributed by atoms with Crippen LogP contribution in [0.4, 0.5) is 0 Å². The standard InChI is InChI=1S/C25H30Cl2N2O3/c1-2-22(25(31)28-19-11-4-3-5-12-19)29(16-18-10-6-7-13-20(18)26)24(30)17-32-23-15-9-8-14-21(23)27/h6-10,13-15,19,22H,2-5,11-12,16-17H2,1H3,(H,28,31)/t22-/m1/s1. The Kier molecular flexibility index (Phi) is 9.24. The Bertz CT molecular complexity index is 916. The lowest BCUT2D eigenvalue weighted by Gasteiger charge is -2.33. The van der Waals surface area contributed by atoms with Gasteiger partial charge in [-0.05, 0) is 43.0 Å². The molecule has 0 bridgehead atoms. The molecule has 0 spiro atoms. The van der Waals surface area contributed by atoms with E-state index in [4.69, 9.17) is 27.9 Å². The Hall–Kier alpha value is -2.24. The minimum absolute atomic E-state index is 0.127. The van der Waals surface area contributed by atoms with Crippen LogP contribution in [-0.4, -0.2) is 35.4 Å². The fourth-order valence-electron chi connectivity index (χ4n) is 4.06. The summed E-state index contributed by atoms with van der Waals surface area (Å²) in [5.74, 6) is 0.00736. The van der Waals surface area contributed by atoms with Crippen molar-refractivity contribution in [3.8, 4) is 5.75 Å². The molecular formula is C25H30Cl2N2O3. The maximum atomic E-state index is 13.3. The van der Waals surface area contributed by atoms with Crippen molar-refractivity contribution in [2.45, 2.75) is 64.1 Å². The molecule has 1 aliphatic carbocycles. The first-order valence-electron chi connectivity index (χ1n) is 11.2. The van der Waals surface area contributed by atoms with E-state index in [-0.39, 0.29) is 31.0 Å². The summed E-state index contributed by atoms with van der Waals surface area (Å²) in [5.41, 5.74) is 0.782. The number of ether oxygens (including phenoxy) is 1. The van der Waals surface area contributed by atoms with Crippen LogP contribution in [0.5, 0.6) is 5.75 Å². The van der Waals surface area contributed by atoms with Crippen LogP contribution in [0.3, 0.4) is 0 Å². The van der Waals surface area contributed by atoms with Crippen LogP contribution >= 0.6 is 23.2 Å². The van der Waals surface area contributed by atoms with E-state index in [1.807, 2.05) is 25.1 Å². The van der Waals surface area contributed by atoms with Gasteiger partial charge in [-0.25, -0.2) is 0 Å². The topological polar surface area (TPSA) is 58.6 Å². The van der Waals surface area contributed by atoms with Gasteiger partial charge in [0.25, 0.3) is 5.91 Å². The number of nitrogens with zero attached hydrogens (tertiary/aromatic N) is 1. The lowest BCUT2D eigenvalue weighted by Crippen LogP contribution is -2.52. The van der Waals surface area contributed by atoms with Crippen LogP contribution in [0.25, 0.3) is 0 Å². The molecule has 2 aromatic carbocycles. The van der Waals surface area contributed by atoms with Crippen molar-refractivity contribution in [3.63, 3.8) is 0 Å². The summed E-state index contributed by atoms with van der Waals surface area (Å²) in [7, 11) is 0. The van der Waals surface area contributed by atoms with Crippen LogP contribution in [0, 0.1) is 0 Å². The molecule has 0 aromatic heterocycles. The van der Waals surface area contributed by atoms with Gasteiger partial charge in [-0.15, -0.1) is 0 Å². The van der Waals surface area contributed by atoms with Gasteiger partial charge in [0, 0.05) is 17.6 Å². The van der Waals surface area contributed by atoms with Crippen molar-refractivity contribution in [1.82, 2.24) is 10.2 Å². The number of halogens is 2. The second-order valence-electron chi connectivity index (χ2n) is 8.10. The van der Waals surface area contributed by atoms with Crippen LogP contribution in [0.2, 0.25) is 10.0 Å². The molecular weight excluding hydrogens is 447 g/mol. The molecule has 7 heteroatoms. The third-order valence-electron chi connectivity index (χ3n) is 5.82. The molecule has 1 N–H and O–H groups in total. The predicted octanol–water partition coefficient (Wildman–Crippen LogP) is 5.63. The Labute approximate surface area is 200 Å². The lowest BCUT2D eigenvalue weighted by atomic mass is 9.95. The van der Waals surface area contributed by atoms with Gasteiger partial charge < -0.3 is 15.0 Å². The Balaban J connectivity index is 1.77. The maximum absolute atomic E-state index is 13.3. The van der Waals surface area contributed by atoms with Crippen LogP contribution in [-0.2, 0) is 16.1 Å². The molecule has 2 amide bonds. The summed E-state index contributed by atoms with van der Waals surface area (Å²) in [5, 5.41) is 4.15. The molecule has 32 heavy (non-hydrogen) atoms. The van der Waals surface area contributed by atoms with E-state index in [1.54, 1.807) is 35.2 Å². The van der Waals surface area contributed by atoms with E-state index in [0.717, 1.165) is 31.2 Å². The average Bonchev–Trinajstić information content (AvgIpc) is 2.80. The van der Waals surface area contributed by atoms with Crippen molar-refractivity contribution < 1.29 is 14.3 Å². The first kappa shape index (κ1) is 24.4. The molecule has 0 heterocycles. The predicted molar refractivity (Wildman–Crippen MR) is 128 cm³/mol. The number of amides is 2. The fraction of sp³-hybridized carbons (Fsp3) is 0.440. The largest absolute Gasteiger partial charge is 0.482 e. The van der Waals surface area contributed by atoms with Crippen LogP contribution in [0.15, 0.2) is 48.5 Å². The van der Waals surface area contributed by atoms with Crippen molar-refractivity contribution in [1.29, 1.82) is 0 Å². The lowest BCUT2D eigenvalue weighted by molar-refractivity contribution is -0.143. The highest BCUT2D eigenvalue weighted by atomic mass is 35.5. The molecule has 172 valence electrons. The molecule has 0 saturated heterocycles. The summed E-state index contributed by atoms with van der Waals surface area (Å²) in [4.78, 5) is 28.0. The molecule has 1 saturated carbocycles. The van der Waals surface area contributed by atoms with E-state index < -0.39 is 6.04 Å². The fourth-order valence-corrected chi connectivity index (χ4v) is 4.44. The van der Waals surface area contributed by atoms with Gasteiger partial charge in [0.05, 0.1) is 5.02 Å². The zero-order chi connectivity index (χ0) is 22.9. The summed E-state index contributed by atoms with van der Waals surface area (Å²) >= 11 is 12.5. The molecule has 0 aliphatic heterocycles. The summed E-state index contributed by atoms with van der Waals surface area (Å²) < 4.78 is 5.68. The number of para-hydroxylation sites is 1. The summed E-state index contributed by atoms with van der Waals surface area (Å²) in [6.07, 6.45) is 5.90. The quantitative estimate of drug-likeness (QED) is 0.510. The number of hydrogen-bond acceptors (Lipinski definition) is 3. The minimum Gasteiger partial charge on any atom is -0.482 e. The van der Waals surface area contributed by atoms with Crippen LogP contribution < -0.4 is 10.1 Å². The number of carbonyl (C=O) groups excluding carboxylic acids is 2. The third kappa shape index (κ3) is 6.63. The van der Waals surface area contributed by atoms with E-state index in [0.29, 0.717) is 22.2 Å². The molecule has 0 unspecified atom stereocenters. The van der Waals surface area contributed by atoms with E-state index >= 15 is 0 Å². The molecule has 2 aromatic rings. The normalized spacial score (nSPS) is 15.1. The first-order chi connectivity index (χ1) is 15.5.